The summed E-state index contributed by atoms with van der Waals surface area (Å²) in [5.74, 6) is 0.439. The molecule has 0 saturated heterocycles. The van der Waals surface area contributed by atoms with Gasteiger partial charge in [-0.1, -0.05) is 30.3 Å². The van der Waals surface area contributed by atoms with Gasteiger partial charge in [0, 0.05) is 5.56 Å². The van der Waals surface area contributed by atoms with Gasteiger partial charge in [-0.15, -0.1) is 0 Å². The van der Waals surface area contributed by atoms with Crippen LogP contribution in [0, 0.1) is 0 Å². The van der Waals surface area contributed by atoms with Crippen LogP contribution in [-0.4, -0.2) is 39.4 Å². The van der Waals surface area contributed by atoms with Crippen molar-refractivity contribution in [3.05, 3.63) is 83.4 Å². The van der Waals surface area contributed by atoms with E-state index in [9.17, 15) is 9.59 Å². The van der Waals surface area contributed by atoms with Gasteiger partial charge in [-0.05, 0) is 42.0 Å². The van der Waals surface area contributed by atoms with Crippen molar-refractivity contribution >= 4 is 18.1 Å². The minimum atomic E-state index is -0.601. The molecule has 3 rings (SSSR count). The molecule has 0 aromatic heterocycles. The SMILES string of the molecule is COc1cc(C(=O)Oc2cccc(/C=N\NC(=O)c3ccccc3)c2)cc(OC)c1OC. The fraction of sp³-hybridized carbons (Fsp3) is 0.125. The fourth-order valence-corrected chi connectivity index (χ4v) is 2.84. The molecule has 0 aliphatic rings. The highest BCUT2D eigenvalue weighted by Gasteiger charge is 2.18. The number of carbonyl (C=O) groups excluding carboxylic acids is 2. The Labute approximate surface area is 185 Å². The molecular weight excluding hydrogens is 412 g/mol. The van der Waals surface area contributed by atoms with Gasteiger partial charge in [0.15, 0.2) is 11.5 Å². The molecular formula is C24H22N2O6. The number of hydrazone groups is 1. The van der Waals surface area contributed by atoms with Crippen molar-refractivity contribution < 1.29 is 28.5 Å². The van der Waals surface area contributed by atoms with Gasteiger partial charge in [-0.25, -0.2) is 10.2 Å². The lowest BCUT2D eigenvalue weighted by Crippen LogP contribution is -2.17. The van der Waals surface area contributed by atoms with Crippen LogP contribution in [0.4, 0.5) is 0 Å². The van der Waals surface area contributed by atoms with Crippen LogP contribution in [-0.2, 0) is 0 Å². The first kappa shape index (κ1) is 22.4. The normalized spacial score (nSPS) is 10.5. The van der Waals surface area contributed by atoms with E-state index in [4.69, 9.17) is 18.9 Å². The van der Waals surface area contributed by atoms with Crippen LogP contribution in [0.5, 0.6) is 23.0 Å². The van der Waals surface area contributed by atoms with Crippen LogP contribution in [0.25, 0.3) is 0 Å². The third-order valence-electron chi connectivity index (χ3n) is 4.38. The second-order valence-electron chi connectivity index (χ2n) is 6.44. The van der Waals surface area contributed by atoms with Crippen LogP contribution in [0.1, 0.15) is 26.3 Å². The lowest BCUT2D eigenvalue weighted by atomic mass is 10.1. The number of nitrogens with one attached hydrogen (secondary N) is 1. The van der Waals surface area contributed by atoms with Gasteiger partial charge in [0.25, 0.3) is 5.91 Å². The molecule has 0 radical (unpaired) electrons. The maximum Gasteiger partial charge on any atom is 0.343 e. The van der Waals surface area contributed by atoms with Crippen LogP contribution in [0.15, 0.2) is 71.8 Å². The Bertz CT molecular complexity index is 1100. The number of amides is 1. The Morgan fingerprint density at radius 3 is 2.12 bits per heavy atom. The van der Waals surface area contributed by atoms with Gasteiger partial charge in [0.2, 0.25) is 5.75 Å². The highest BCUT2D eigenvalue weighted by molar-refractivity contribution is 5.95. The molecule has 0 unspecified atom stereocenters. The van der Waals surface area contributed by atoms with E-state index in [-0.39, 0.29) is 11.5 Å². The molecule has 164 valence electrons. The molecule has 0 fully saturated rings. The van der Waals surface area contributed by atoms with Gasteiger partial charge in [-0.2, -0.15) is 5.10 Å². The van der Waals surface area contributed by atoms with E-state index in [2.05, 4.69) is 10.5 Å². The summed E-state index contributed by atoms with van der Waals surface area (Å²) in [6, 6.07) is 18.5. The van der Waals surface area contributed by atoms with E-state index >= 15 is 0 Å². The number of benzene rings is 3. The van der Waals surface area contributed by atoms with Gasteiger partial charge >= 0.3 is 5.97 Å². The zero-order valence-electron chi connectivity index (χ0n) is 17.8. The number of ether oxygens (including phenoxy) is 4. The molecule has 0 bridgehead atoms. The summed E-state index contributed by atoms with van der Waals surface area (Å²) < 4.78 is 21.3. The Kier molecular flexibility index (Phi) is 7.42. The van der Waals surface area contributed by atoms with E-state index in [1.54, 1.807) is 48.5 Å². The summed E-state index contributed by atoms with van der Waals surface area (Å²) in [4.78, 5) is 24.7. The minimum Gasteiger partial charge on any atom is -0.493 e. The summed E-state index contributed by atoms with van der Waals surface area (Å²) >= 11 is 0. The Morgan fingerprint density at radius 1 is 0.812 bits per heavy atom. The summed E-state index contributed by atoms with van der Waals surface area (Å²) in [7, 11) is 4.41. The first-order valence-electron chi connectivity index (χ1n) is 9.56. The van der Waals surface area contributed by atoms with Crippen molar-refractivity contribution in [1.29, 1.82) is 0 Å². The van der Waals surface area contributed by atoms with Crippen molar-refractivity contribution in [3.8, 4) is 23.0 Å². The van der Waals surface area contributed by atoms with Crippen molar-refractivity contribution in [2.24, 2.45) is 5.10 Å². The van der Waals surface area contributed by atoms with Crippen LogP contribution in [0.3, 0.4) is 0 Å². The van der Waals surface area contributed by atoms with E-state index < -0.39 is 5.97 Å². The van der Waals surface area contributed by atoms with Crippen LogP contribution in [0.2, 0.25) is 0 Å². The monoisotopic (exact) mass is 434 g/mol. The first-order chi connectivity index (χ1) is 15.5. The predicted octanol–water partition coefficient (Wildman–Crippen LogP) is 3.70. The maximum atomic E-state index is 12.7. The molecule has 1 amide bonds. The van der Waals surface area contributed by atoms with Gasteiger partial charge in [0.05, 0.1) is 33.1 Å². The molecule has 0 spiro atoms. The zero-order valence-corrected chi connectivity index (χ0v) is 17.8. The number of nitrogens with zero attached hydrogens (tertiary/aromatic N) is 1. The summed E-state index contributed by atoms with van der Waals surface area (Å²) in [5.41, 5.74) is 3.81. The molecule has 0 aliphatic carbocycles. The molecule has 1 N–H and O–H groups in total. The molecule has 0 aliphatic heterocycles. The fourth-order valence-electron chi connectivity index (χ4n) is 2.84. The third kappa shape index (κ3) is 5.42. The summed E-state index contributed by atoms with van der Waals surface area (Å²) in [6.07, 6.45) is 1.46. The lowest BCUT2D eigenvalue weighted by molar-refractivity contribution is 0.0733. The van der Waals surface area contributed by atoms with Crippen molar-refractivity contribution in [1.82, 2.24) is 5.43 Å². The first-order valence-corrected chi connectivity index (χ1v) is 9.56. The van der Waals surface area contributed by atoms with Crippen molar-refractivity contribution in [3.63, 3.8) is 0 Å². The number of carbonyl (C=O) groups is 2. The van der Waals surface area contributed by atoms with E-state index in [1.807, 2.05) is 6.07 Å². The number of hydrogen-bond donors (Lipinski definition) is 1. The maximum absolute atomic E-state index is 12.7. The van der Waals surface area contributed by atoms with Crippen molar-refractivity contribution in [2.45, 2.75) is 0 Å². The van der Waals surface area contributed by atoms with E-state index in [0.29, 0.717) is 34.1 Å². The van der Waals surface area contributed by atoms with E-state index in [0.717, 1.165) is 0 Å². The zero-order chi connectivity index (χ0) is 22.9. The molecule has 3 aromatic carbocycles. The number of esters is 1. The second kappa shape index (κ2) is 10.6. The Hall–Kier alpha value is -4.33. The molecule has 3 aromatic rings. The summed E-state index contributed by atoms with van der Waals surface area (Å²) in [6.45, 7) is 0. The number of methoxy groups -OCH3 is 3. The third-order valence-corrected chi connectivity index (χ3v) is 4.38. The van der Waals surface area contributed by atoms with E-state index in [1.165, 1.54) is 39.7 Å². The Morgan fingerprint density at radius 2 is 1.50 bits per heavy atom. The Balaban J connectivity index is 1.70. The molecule has 0 saturated carbocycles. The van der Waals surface area contributed by atoms with Crippen molar-refractivity contribution in [2.75, 3.05) is 21.3 Å². The molecule has 8 heteroatoms. The standard InChI is InChI=1S/C24H22N2O6/c1-29-20-13-18(14-21(30-2)22(20)31-3)24(28)32-19-11-7-8-16(12-19)15-25-26-23(27)17-9-5-4-6-10-17/h4-15H,1-3H3,(H,26,27)/b25-15-. The predicted molar refractivity (Wildman–Crippen MR) is 119 cm³/mol. The summed E-state index contributed by atoms with van der Waals surface area (Å²) in [5, 5.41) is 3.95. The minimum absolute atomic E-state index is 0.230. The van der Waals surface area contributed by atoms with Crippen LogP contribution < -0.4 is 24.4 Å². The smallest absolute Gasteiger partial charge is 0.343 e. The average molecular weight is 434 g/mol. The topological polar surface area (TPSA) is 95.5 Å². The lowest BCUT2D eigenvalue weighted by Gasteiger charge is -2.13. The molecule has 32 heavy (non-hydrogen) atoms. The highest BCUT2D eigenvalue weighted by Crippen LogP contribution is 2.38. The molecule has 0 heterocycles. The average Bonchev–Trinajstić information content (AvgIpc) is 2.83. The second-order valence-corrected chi connectivity index (χ2v) is 6.44. The molecule has 8 nitrogen and oxygen atoms in total. The number of hydrogen-bond acceptors (Lipinski definition) is 7. The molecule has 0 atom stereocenters. The largest absolute Gasteiger partial charge is 0.493 e. The van der Waals surface area contributed by atoms with Crippen LogP contribution >= 0.6 is 0 Å². The highest BCUT2D eigenvalue weighted by atomic mass is 16.5. The van der Waals surface area contributed by atoms with Gasteiger partial charge in [-0.3, -0.25) is 4.79 Å². The quantitative estimate of drug-likeness (QED) is 0.251. The van der Waals surface area contributed by atoms with Gasteiger partial charge in [0.1, 0.15) is 5.75 Å². The number of rotatable bonds is 8. The van der Waals surface area contributed by atoms with Gasteiger partial charge < -0.3 is 18.9 Å².